The van der Waals surface area contributed by atoms with Gasteiger partial charge in [-0.25, -0.2) is 0 Å². The number of methoxy groups -OCH3 is 1. The van der Waals surface area contributed by atoms with Gasteiger partial charge in [0.2, 0.25) is 4.77 Å². The van der Waals surface area contributed by atoms with Crippen LogP contribution in [0.5, 0.6) is 11.5 Å². The summed E-state index contributed by atoms with van der Waals surface area (Å²) in [4.78, 5) is 0. The molecule has 0 aliphatic carbocycles. The molecule has 1 aromatic heterocycles. The molecule has 1 N–H and O–H groups in total. The van der Waals surface area contributed by atoms with Gasteiger partial charge in [-0.2, -0.15) is 14.9 Å². The van der Waals surface area contributed by atoms with Crippen LogP contribution in [0.1, 0.15) is 11.1 Å². The number of benzene rings is 2. The zero-order chi connectivity index (χ0) is 17.5. The van der Waals surface area contributed by atoms with E-state index < -0.39 is 0 Å². The molecule has 3 rings (SSSR count). The summed E-state index contributed by atoms with van der Waals surface area (Å²) in [5.74, 6) is 1.36. The second-order valence-corrected chi connectivity index (χ2v) is 5.63. The van der Waals surface area contributed by atoms with E-state index in [1.807, 2.05) is 36.4 Å². The van der Waals surface area contributed by atoms with Crippen LogP contribution < -0.4 is 9.47 Å². The zero-order valence-electron chi connectivity index (χ0n) is 13.8. The highest BCUT2D eigenvalue weighted by atomic mass is 32.1. The highest BCUT2D eigenvalue weighted by Crippen LogP contribution is 2.27. The first-order valence-corrected chi connectivity index (χ1v) is 8.18. The molecule has 0 bridgehead atoms. The van der Waals surface area contributed by atoms with Crippen molar-refractivity contribution in [1.82, 2.24) is 14.9 Å². The van der Waals surface area contributed by atoms with E-state index in [2.05, 4.69) is 27.4 Å². The maximum Gasteiger partial charge on any atom is 0.216 e. The molecule has 7 heteroatoms. The number of H-pyrrole nitrogens is 1. The number of nitrogens with one attached hydrogen (secondary N) is 1. The molecule has 25 heavy (non-hydrogen) atoms. The molecule has 0 radical (unpaired) electrons. The monoisotopic (exact) mass is 354 g/mol. The topological polar surface area (TPSA) is 64.4 Å². The van der Waals surface area contributed by atoms with Crippen LogP contribution in [0, 0.1) is 4.77 Å². The highest BCUT2D eigenvalue weighted by molar-refractivity contribution is 7.71. The van der Waals surface area contributed by atoms with E-state index in [9.17, 15) is 0 Å². The van der Waals surface area contributed by atoms with Gasteiger partial charge in [0.1, 0.15) is 6.33 Å². The van der Waals surface area contributed by atoms with Crippen molar-refractivity contribution < 1.29 is 9.47 Å². The first kappa shape index (κ1) is 16.9. The number of ether oxygens (including phenoxy) is 2. The van der Waals surface area contributed by atoms with Gasteiger partial charge in [0, 0.05) is 6.42 Å². The van der Waals surface area contributed by atoms with Crippen LogP contribution in [-0.2, 0) is 6.42 Å². The smallest absolute Gasteiger partial charge is 0.216 e. The Morgan fingerprint density at radius 2 is 2.04 bits per heavy atom. The van der Waals surface area contributed by atoms with Gasteiger partial charge in [0.15, 0.2) is 11.5 Å². The summed E-state index contributed by atoms with van der Waals surface area (Å²) >= 11 is 5.04. The predicted octanol–water partition coefficient (Wildman–Crippen LogP) is 3.45. The van der Waals surface area contributed by atoms with Crippen LogP contribution in [0.3, 0.4) is 0 Å². The first-order chi connectivity index (χ1) is 12.3. The predicted molar refractivity (Wildman–Crippen MR) is 99.0 cm³/mol. The Morgan fingerprint density at radius 3 is 2.76 bits per heavy atom. The molecule has 3 aromatic rings. The second kappa shape index (κ2) is 8.25. The molecule has 0 fully saturated rings. The summed E-state index contributed by atoms with van der Waals surface area (Å²) in [5, 5.41) is 10.7. The lowest BCUT2D eigenvalue weighted by molar-refractivity contribution is 0.297. The molecule has 0 saturated carbocycles. The van der Waals surface area contributed by atoms with Crippen molar-refractivity contribution in [3.63, 3.8) is 0 Å². The van der Waals surface area contributed by atoms with Gasteiger partial charge in [0.05, 0.1) is 19.9 Å². The molecule has 2 aromatic carbocycles. The summed E-state index contributed by atoms with van der Waals surface area (Å²) in [6.07, 6.45) is 4.03. The molecule has 0 unspecified atom stereocenters. The Bertz CT molecular complexity index is 903. The largest absolute Gasteiger partial charge is 0.493 e. The molecule has 0 atom stereocenters. The van der Waals surface area contributed by atoms with Crippen LogP contribution in [0.25, 0.3) is 0 Å². The minimum Gasteiger partial charge on any atom is -0.493 e. The van der Waals surface area contributed by atoms with Crippen LogP contribution >= 0.6 is 12.2 Å². The fourth-order valence-corrected chi connectivity index (χ4v) is 2.41. The van der Waals surface area contributed by atoms with Crippen molar-refractivity contribution in [1.29, 1.82) is 0 Å². The Labute approximate surface area is 150 Å². The van der Waals surface area contributed by atoms with E-state index >= 15 is 0 Å². The fraction of sp³-hybridized carbons (Fsp3) is 0.167. The van der Waals surface area contributed by atoms with Crippen molar-refractivity contribution in [3.05, 3.63) is 70.8 Å². The third-order valence-corrected chi connectivity index (χ3v) is 3.82. The molecular formula is C18H18N4O2S. The lowest BCUT2D eigenvalue weighted by Crippen LogP contribution is -2.03. The molecule has 0 aliphatic heterocycles. The average molecular weight is 354 g/mol. The number of aromatic amines is 1. The molecule has 0 aliphatic rings. The van der Waals surface area contributed by atoms with E-state index in [1.165, 1.54) is 16.6 Å². The Kier molecular flexibility index (Phi) is 5.58. The fourth-order valence-electron chi connectivity index (χ4n) is 2.26. The maximum absolute atomic E-state index is 5.85. The molecule has 0 amide bonds. The van der Waals surface area contributed by atoms with Gasteiger partial charge in [-0.15, -0.1) is 0 Å². The van der Waals surface area contributed by atoms with Crippen molar-refractivity contribution in [2.24, 2.45) is 5.10 Å². The van der Waals surface area contributed by atoms with Gasteiger partial charge in [-0.05, 0) is 41.5 Å². The van der Waals surface area contributed by atoms with Crippen LogP contribution in [0.15, 0.2) is 60.0 Å². The summed E-state index contributed by atoms with van der Waals surface area (Å²) in [6.45, 7) is 0.581. The molecule has 6 nitrogen and oxygen atoms in total. The van der Waals surface area contributed by atoms with Gasteiger partial charge in [-0.3, -0.25) is 5.10 Å². The van der Waals surface area contributed by atoms with E-state index in [0.717, 1.165) is 12.0 Å². The minimum atomic E-state index is 0.434. The van der Waals surface area contributed by atoms with Crippen molar-refractivity contribution in [2.75, 3.05) is 13.7 Å². The van der Waals surface area contributed by atoms with Crippen LogP contribution in [-0.4, -0.2) is 34.8 Å². The van der Waals surface area contributed by atoms with E-state index in [1.54, 1.807) is 13.3 Å². The number of aromatic nitrogens is 3. The summed E-state index contributed by atoms with van der Waals surface area (Å²) < 4.78 is 13.2. The van der Waals surface area contributed by atoms with Gasteiger partial charge < -0.3 is 9.47 Å². The van der Waals surface area contributed by atoms with Crippen molar-refractivity contribution >= 4 is 18.4 Å². The lowest BCUT2D eigenvalue weighted by Gasteiger charge is -2.11. The maximum atomic E-state index is 5.85. The highest BCUT2D eigenvalue weighted by Gasteiger charge is 2.05. The summed E-state index contributed by atoms with van der Waals surface area (Å²) in [7, 11) is 1.62. The standard InChI is InChI=1S/C18H18N4O2S/c1-23-17-11-15(12-20-22-13-19-21-18(22)25)7-8-16(17)24-10-9-14-5-3-2-4-6-14/h2-8,11-13H,9-10H2,1H3,(H,21,25)/b20-12-. The van der Waals surface area contributed by atoms with Crippen LogP contribution in [0.4, 0.5) is 0 Å². The lowest BCUT2D eigenvalue weighted by atomic mass is 10.2. The summed E-state index contributed by atoms with van der Waals surface area (Å²) in [6, 6.07) is 15.9. The van der Waals surface area contributed by atoms with E-state index in [0.29, 0.717) is 22.9 Å². The molecule has 0 saturated heterocycles. The number of rotatable bonds is 7. The van der Waals surface area contributed by atoms with E-state index in [-0.39, 0.29) is 0 Å². The number of nitrogens with zero attached hydrogens (tertiary/aromatic N) is 3. The van der Waals surface area contributed by atoms with Crippen molar-refractivity contribution in [3.8, 4) is 11.5 Å². The quantitative estimate of drug-likeness (QED) is 0.521. The molecule has 0 spiro atoms. The average Bonchev–Trinajstić information content (AvgIpc) is 3.06. The van der Waals surface area contributed by atoms with Gasteiger partial charge in [0.25, 0.3) is 0 Å². The third-order valence-electron chi connectivity index (χ3n) is 3.55. The van der Waals surface area contributed by atoms with Crippen LogP contribution in [0.2, 0.25) is 0 Å². The summed E-state index contributed by atoms with van der Waals surface area (Å²) in [5.41, 5.74) is 2.11. The number of hydrogen-bond acceptors (Lipinski definition) is 5. The van der Waals surface area contributed by atoms with Gasteiger partial charge >= 0.3 is 0 Å². The number of hydrogen-bond donors (Lipinski definition) is 1. The Morgan fingerprint density at radius 1 is 1.20 bits per heavy atom. The van der Waals surface area contributed by atoms with Crippen molar-refractivity contribution in [2.45, 2.75) is 6.42 Å². The molecular weight excluding hydrogens is 336 g/mol. The first-order valence-electron chi connectivity index (χ1n) is 7.77. The molecule has 1 heterocycles. The Balaban J connectivity index is 1.66. The molecule has 128 valence electrons. The second-order valence-electron chi connectivity index (χ2n) is 5.25. The Hall–Kier alpha value is -2.93. The van der Waals surface area contributed by atoms with E-state index in [4.69, 9.17) is 21.7 Å². The van der Waals surface area contributed by atoms with Gasteiger partial charge in [-0.1, -0.05) is 30.3 Å². The minimum absolute atomic E-state index is 0.434. The SMILES string of the molecule is COc1cc(/C=N\n2cn[nH]c2=S)ccc1OCCc1ccccc1. The zero-order valence-corrected chi connectivity index (χ0v) is 14.6. The normalized spacial score (nSPS) is 10.9. The third kappa shape index (κ3) is 4.54.